The summed E-state index contributed by atoms with van der Waals surface area (Å²) in [5.74, 6) is -1.98. The molecule has 2 aliphatic heterocycles. The van der Waals surface area contributed by atoms with Crippen molar-refractivity contribution in [3.63, 3.8) is 0 Å². The first-order valence-electron chi connectivity index (χ1n) is 8.72. The van der Waals surface area contributed by atoms with E-state index in [1.54, 1.807) is 11.9 Å². The molecule has 0 aromatic rings. The summed E-state index contributed by atoms with van der Waals surface area (Å²) in [5.41, 5.74) is 0. The van der Waals surface area contributed by atoms with E-state index in [9.17, 15) is 37.9 Å². The van der Waals surface area contributed by atoms with E-state index >= 15 is 0 Å². The average molecular weight is 460 g/mol. The van der Waals surface area contributed by atoms with Crippen molar-refractivity contribution in [1.82, 2.24) is 10.2 Å². The van der Waals surface area contributed by atoms with Gasteiger partial charge in [-0.3, -0.25) is 8.98 Å². The summed E-state index contributed by atoms with van der Waals surface area (Å²) in [6.07, 6.45) is -4.17. The van der Waals surface area contributed by atoms with Crippen LogP contribution in [0.15, 0.2) is 0 Å². The molecule has 2 heterocycles. The largest absolute Gasteiger partial charge is 0.726 e. The van der Waals surface area contributed by atoms with Gasteiger partial charge in [-0.05, 0) is 13.5 Å². The monoisotopic (exact) mass is 460 g/mol. The highest BCUT2D eigenvalue weighted by atomic mass is 32.3. The van der Waals surface area contributed by atoms with Gasteiger partial charge >= 0.3 is 0 Å². The van der Waals surface area contributed by atoms with E-state index < -0.39 is 65.3 Å². The number of carbonyl (C=O) groups is 2. The number of likely N-dealkylation sites (tertiary alicyclic amines) is 1. The lowest BCUT2D eigenvalue weighted by atomic mass is 9.97. The molecule has 2 saturated heterocycles. The zero-order valence-corrected chi connectivity index (χ0v) is 17.3. The van der Waals surface area contributed by atoms with E-state index in [-0.39, 0.29) is 12.1 Å². The summed E-state index contributed by atoms with van der Waals surface area (Å²) >= 11 is 0. The number of likely N-dealkylation sites (N-methyl/N-ethyl adjacent to an activating group) is 1. The van der Waals surface area contributed by atoms with Crippen molar-refractivity contribution in [3.8, 4) is 0 Å². The number of nitrogens with zero attached hydrogens (tertiary/aromatic N) is 1. The molecule has 2 fully saturated rings. The van der Waals surface area contributed by atoms with Crippen LogP contribution in [0.4, 0.5) is 0 Å². The Labute approximate surface area is 173 Å². The molecule has 1 amide bonds. The lowest BCUT2D eigenvalue weighted by Gasteiger charge is -2.37. The number of β-amino-alcohol motifs (C(OH)–C–C–N with tert-alkyl or cyclic N) is 1. The number of hydrogen-bond acceptors (Lipinski definition) is 12. The van der Waals surface area contributed by atoms with Gasteiger partial charge in [0.2, 0.25) is 16.3 Å². The van der Waals surface area contributed by atoms with Gasteiger partial charge in [0, 0.05) is 31.9 Å². The number of aliphatic carboxylic acids is 1. The maximum Gasteiger partial charge on any atom is 0.217 e. The minimum atomic E-state index is -4.89. The SMILES string of the molecule is CC(=O)NC1COC(COS(=O)(=O)[O-])[C@@H](O)[C@H]1O.CN1CC(C(=O)[O-])C[C@@H](O)C1.O. The Hall–Kier alpha value is -1.43. The third-order valence-corrected chi connectivity index (χ3v) is 4.77. The van der Waals surface area contributed by atoms with E-state index in [1.165, 1.54) is 6.92 Å². The number of nitrogens with one attached hydrogen (secondary N) is 1. The molecule has 30 heavy (non-hydrogen) atoms. The molecule has 2 rings (SSSR count). The summed E-state index contributed by atoms with van der Waals surface area (Å²) in [4.78, 5) is 23.0. The predicted molar refractivity (Wildman–Crippen MR) is 95.2 cm³/mol. The van der Waals surface area contributed by atoms with Crippen LogP contribution in [-0.4, -0.2) is 114 Å². The molecule has 6 N–H and O–H groups in total. The van der Waals surface area contributed by atoms with Crippen molar-refractivity contribution in [2.75, 3.05) is 33.4 Å². The number of carboxylic acids is 1. The molecule has 0 aliphatic carbocycles. The quantitative estimate of drug-likeness (QED) is 0.222. The summed E-state index contributed by atoms with van der Waals surface area (Å²) in [7, 11) is -3.10. The van der Waals surface area contributed by atoms with E-state index in [1.807, 2.05) is 0 Å². The smallest absolute Gasteiger partial charge is 0.217 e. The third kappa shape index (κ3) is 10.1. The molecule has 0 saturated carbocycles. The fourth-order valence-corrected chi connectivity index (χ4v) is 3.33. The topological polar surface area (TPSA) is 240 Å². The highest BCUT2D eigenvalue weighted by Crippen LogP contribution is 2.16. The number of carboxylic acid groups (broad SMARTS) is 1. The minimum absolute atomic E-state index is 0. The molecule has 2 aliphatic rings. The van der Waals surface area contributed by atoms with Crippen molar-refractivity contribution in [1.29, 1.82) is 0 Å². The summed E-state index contributed by atoms with van der Waals surface area (Å²) in [5, 5.41) is 41.2. The molecular formula is C15H28N2O12S-2. The zero-order chi connectivity index (χ0) is 22.4. The van der Waals surface area contributed by atoms with Crippen molar-refractivity contribution in [3.05, 3.63) is 0 Å². The Bertz CT molecular complexity index is 650. The van der Waals surface area contributed by atoms with Gasteiger partial charge in [0.1, 0.15) is 18.3 Å². The van der Waals surface area contributed by atoms with E-state index in [0.29, 0.717) is 19.5 Å². The van der Waals surface area contributed by atoms with E-state index in [2.05, 4.69) is 9.50 Å². The lowest BCUT2D eigenvalue weighted by Crippen LogP contribution is -2.59. The van der Waals surface area contributed by atoms with Crippen LogP contribution in [0.3, 0.4) is 0 Å². The average Bonchev–Trinajstić information content (AvgIpc) is 2.57. The van der Waals surface area contributed by atoms with Gasteiger partial charge in [0.25, 0.3) is 0 Å². The zero-order valence-electron chi connectivity index (χ0n) is 16.5. The van der Waals surface area contributed by atoms with Crippen molar-refractivity contribution in [2.45, 2.75) is 43.8 Å². The van der Waals surface area contributed by atoms with Gasteiger partial charge in [-0.15, -0.1) is 0 Å². The molecule has 3 unspecified atom stereocenters. The van der Waals surface area contributed by atoms with Crippen LogP contribution >= 0.6 is 0 Å². The van der Waals surface area contributed by atoms with Crippen LogP contribution in [0.25, 0.3) is 0 Å². The number of aliphatic hydroxyl groups is 3. The van der Waals surface area contributed by atoms with Crippen LogP contribution in [-0.2, 0) is 28.9 Å². The lowest BCUT2D eigenvalue weighted by molar-refractivity contribution is -0.313. The molecule has 0 radical (unpaired) electrons. The van der Waals surface area contributed by atoms with Gasteiger partial charge in [-0.2, -0.15) is 0 Å². The molecule has 0 bridgehead atoms. The summed E-state index contributed by atoms with van der Waals surface area (Å²) in [6, 6.07) is -0.808. The first-order chi connectivity index (χ1) is 13.3. The Balaban J connectivity index is 0.000000603. The number of ether oxygens (including phenoxy) is 1. The second-order valence-electron chi connectivity index (χ2n) is 6.98. The second kappa shape index (κ2) is 12.4. The molecule has 178 valence electrons. The van der Waals surface area contributed by atoms with Gasteiger partial charge in [-0.1, -0.05) is 0 Å². The number of amides is 1. The summed E-state index contributed by atoms with van der Waals surface area (Å²) in [6.45, 7) is 1.45. The van der Waals surface area contributed by atoms with Crippen LogP contribution < -0.4 is 10.4 Å². The normalized spacial score (nSPS) is 32.2. The Morgan fingerprint density at radius 2 is 1.83 bits per heavy atom. The Kier molecular flexibility index (Phi) is 11.8. The van der Waals surface area contributed by atoms with E-state index in [0.717, 1.165) is 0 Å². The van der Waals surface area contributed by atoms with Gasteiger partial charge in [-0.25, -0.2) is 8.42 Å². The van der Waals surface area contributed by atoms with E-state index in [4.69, 9.17) is 9.84 Å². The molecule has 14 nitrogen and oxygen atoms in total. The first kappa shape index (κ1) is 28.6. The van der Waals surface area contributed by atoms with Crippen LogP contribution in [0.2, 0.25) is 0 Å². The Morgan fingerprint density at radius 1 is 1.23 bits per heavy atom. The highest BCUT2D eigenvalue weighted by Gasteiger charge is 2.39. The van der Waals surface area contributed by atoms with Gasteiger partial charge in [0.15, 0.2) is 0 Å². The van der Waals surface area contributed by atoms with Crippen LogP contribution in [0.1, 0.15) is 13.3 Å². The fourth-order valence-electron chi connectivity index (χ4n) is 3.03. The molecule has 0 aromatic heterocycles. The molecule has 15 heteroatoms. The predicted octanol–water partition coefficient (Wildman–Crippen LogP) is -5.69. The van der Waals surface area contributed by atoms with Crippen molar-refractivity contribution < 1.29 is 57.4 Å². The van der Waals surface area contributed by atoms with Gasteiger partial charge in [0.05, 0.1) is 25.4 Å². The Morgan fingerprint density at radius 3 is 2.30 bits per heavy atom. The number of carbonyl (C=O) groups excluding carboxylic acids is 2. The van der Waals surface area contributed by atoms with Crippen LogP contribution in [0.5, 0.6) is 0 Å². The molecule has 0 spiro atoms. The first-order valence-corrected chi connectivity index (χ1v) is 10.1. The molecule has 0 aromatic carbocycles. The van der Waals surface area contributed by atoms with Crippen LogP contribution in [0, 0.1) is 5.92 Å². The van der Waals surface area contributed by atoms with Crippen molar-refractivity contribution in [2.24, 2.45) is 5.92 Å². The van der Waals surface area contributed by atoms with Gasteiger partial charge < -0.3 is 50.2 Å². The van der Waals surface area contributed by atoms with Crippen molar-refractivity contribution >= 4 is 22.3 Å². The number of rotatable bonds is 5. The highest BCUT2D eigenvalue weighted by molar-refractivity contribution is 7.80. The number of piperidine rings is 1. The molecular weight excluding hydrogens is 432 g/mol. The molecule has 6 atom stereocenters. The fraction of sp³-hybridized carbons (Fsp3) is 0.867. The standard InChI is InChI=1S/C8H15NO8S.C7H13NO3.H2O/c1-4(10)9-5-2-16-6(8(12)7(5)11)3-17-18(13,14)15;1-8-3-5(7(10)11)2-6(9)4-8;/h5-8,11-12H,2-3H2,1H3,(H,9,10)(H,13,14,15);5-6,9H,2-4H2,1H3,(H,10,11);1H2/p-2/t5?,6?,7-,8+;5?,6-;/m01./s1. The maximum absolute atomic E-state index is 10.8. The number of aliphatic hydroxyl groups excluding tert-OH is 3. The maximum atomic E-state index is 10.8. The third-order valence-electron chi connectivity index (χ3n) is 4.34. The minimum Gasteiger partial charge on any atom is -0.726 e. The second-order valence-corrected chi connectivity index (χ2v) is 8.03. The number of hydrogen-bond donors (Lipinski definition) is 4. The summed E-state index contributed by atoms with van der Waals surface area (Å²) < 4.78 is 39.7.